The van der Waals surface area contributed by atoms with Gasteiger partial charge in [-0.1, -0.05) is 20.3 Å². The third kappa shape index (κ3) is 2.23. The molecule has 0 saturated heterocycles. The minimum Gasteiger partial charge on any atom is -0.462 e. The van der Waals surface area contributed by atoms with Crippen LogP contribution in [-0.2, 0) is 9.53 Å². The zero-order valence-electron chi connectivity index (χ0n) is 8.17. The lowest BCUT2D eigenvalue weighted by molar-refractivity contribution is -0.151. The van der Waals surface area contributed by atoms with Crippen LogP contribution in [0.5, 0.6) is 0 Å². The molecule has 12 heavy (non-hydrogen) atoms. The Kier molecular flexibility index (Phi) is 3.12. The van der Waals surface area contributed by atoms with E-state index in [-0.39, 0.29) is 12.1 Å². The molecular formula is C10H18O2. The van der Waals surface area contributed by atoms with Crippen molar-refractivity contribution in [2.75, 3.05) is 0 Å². The Balaban J connectivity index is 2.46. The third-order valence-corrected chi connectivity index (χ3v) is 2.95. The first-order chi connectivity index (χ1) is 5.61. The highest BCUT2D eigenvalue weighted by Gasteiger charge is 2.28. The summed E-state index contributed by atoms with van der Waals surface area (Å²) in [5.41, 5.74) is 0. The molecule has 1 fully saturated rings. The lowest BCUT2D eigenvalue weighted by atomic mass is 9.79. The van der Waals surface area contributed by atoms with Gasteiger partial charge in [0.05, 0.1) is 0 Å². The molecule has 1 aliphatic rings. The van der Waals surface area contributed by atoms with Crippen molar-refractivity contribution in [1.29, 1.82) is 0 Å². The van der Waals surface area contributed by atoms with Crippen molar-refractivity contribution < 1.29 is 9.53 Å². The highest BCUT2D eigenvalue weighted by Crippen LogP contribution is 2.31. The molecule has 0 radical (unpaired) electrons. The van der Waals surface area contributed by atoms with Gasteiger partial charge in [0.2, 0.25) is 0 Å². The number of rotatable bonds is 1. The Morgan fingerprint density at radius 2 is 2.00 bits per heavy atom. The molecule has 1 rings (SSSR count). The predicted molar refractivity (Wildman–Crippen MR) is 47.7 cm³/mol. The summed E-state index contributed by atoms with van der Waals surface area (Å²) in [5.74, 6) is 1.09. The van der Waals surface area contributed by atoms with Gasteiger partial charge in [-0.3, -0.25) is 4.79 Å². The van der Waals surface area contributed by atoms with Crippen LogP contribution in [0.15, 0.2) is 0 Å². The molecule has 2 nitrogen and oxygen atoms in total. The molecule has 0 aromatic carbocycles. The van der Waals surface area contributed by atoms with E-state index in [0.29, 0.717) is 11.8 Å². The average Bonchev–Trinajstić information content (AvgIpc) is 1.98. The van der Waals surface area contributed by atoms with E-state index in [1.54, 1.807) is 0 Å². The summed E-state index contributed by atoms with van der Waals surface area (Å²) in [6.45, 7) is 5.91. The minimum atomic E-state index is -0.138. The maximum atomic E-state index is 10.7. The van der Waals surface area contributed by atoms with Crippen LogP contribution in [-0.4, -0.2) is 12.1 Å². The van der Waals surface area contributed by atoms with Crippen molar-refractivity contribution in [1.82, 2.24) is 0 Å². The summed E-state index contributed by atoms with van der Waals surface area (Å²) in [7, 11) is 0. The van der Waals surface area contributed by atoms with E-state index in [2.05, 4.69) is 13.8 Å². The first-order valence-electron chi connectivity index (χ1n) is 4.78. The largest absolute Gasteiger partial charge is 0.462 e. The van der Waals surface area contributed by atoms with Crippen LogP contribution in [0.2, 0.25) is 0 Å². The Morgan fingerprint density at radius 1 is 1.33 bits per heavy atom. The average molecular weight is 170 g/mol. The van der Waals surface area contributed by atoms with E-state index >= 15 is 0 Å². The summed E-state index contributed by atoms with van der Waals surface area (Å²) in [4.78, 5) is 10.7. The summed E-state index contributed by atoms with van der Waals surface area (Å²) >= 11 is 0. The molecule has 0 aromatic rings. The summed E-state index contributed by atoms with van der Waals surface area (Å²) in [5, 5.41) is 0. The van der Waals surface area contributed by atoms with Crippen molar-refractivity contribution >= 4 is 5.97 Å². The lowest BCUT2D eigenvalue weighted by Gasteiger charge is -2.33. The van der Waals surface area contributed by atoms with E-state index in [1.807, 2.05) is 0 Å². The smallest absolute Gasteiger partial charge is 0.302 e. The Hall–Kier alpha value is -0.530. The van der Waals surface area contributed by atoms with Crippen LogP contribution < -0.4 is 0 Å². The maximum Gasteiger partial charge on any atom is 0.302 e. The van der Waals surface area contributed by atoms with Crippen molar-refractivity contribution in [3.05, 3.63) is 0 Å². The summed E-state index contributed by atoms with van der Waals surface area (Å²) in [6.07, 6.45) is 3.69. The fourth-order valence-electron chi connectivity index (χ4n) is 1.91. The van der Waals surface area contributed by atoms with Crippen LogP contribution in [0.3, 0.4) is 0 Å². The highest BCUT2D eigenvalue weighted by atomic mass is 16.5. The molecular weight excluding hydrogens is 152 g/mol. The predicted octanol–water partition coefficient (Wildman–Crippen LogP) is 2.37. The summed E-state index contributed by atoms with van der Waals surface area (Å²) in [6, 6.07) is 0. The Morgan fingerprint density at radius 3 is 2.58 bits per heavy atom. The normalized spacial score (nSPS) is 36.1. The first kappa shape index (κ1) is 9.56. The molecule has 3 unspecified atom stereocenters. The van der Waals surface area contributed by atoms with Gasteiger partial charge >= 0.3 is 5.97 Å². The number of esters is 1. The third-order valence-electron chi connectivity index (χ3n) is 2.95. The fourth-order valence-corrected chi connectivity index (χ4v) is 1.91. The SMILES string of the molecule is CC(=O)OC1CCCC(C)C1C. The van der Waals surface area contributed by atoms with Crippen molar-refractivity contribution in [2.45, 2.75) is 46.1 Å². The van der Waals surface area contributed by atoms with Gasteiger partial charge in [-0.25, -0.2) is 0 Å². The fraction of sp³-hybridized carbons (Fsp3) is 0.900. The first-order valence-corrected chi connectivity index (χ1v) is 4.78. The van der Waals surface area contributed by atoms with E-state index in [4.69, 9.17) is 4.74 Å². The van der Waals surface area contributed by atoms with Gasteiger partial charge < -0.3 is 4.74 Å². The number of hydrogen-bond acceptors (Lipinski definition) is 2. The number of ether oxygens (including phenoxy) is 1. The molecule has 0 aromatic heterocycles. The van der Waals surface area contributed by atoms with E-state index in [1.165, 1.54) is 19.8 Å². The molecule has 0 bridgehead atoms. The number of carbonyl (C=O) groups excluding carboxylic acids is 1. The Bertz CT molecular complexity index is 165. The van der Waals surface area contributed by atoms with Crippen molar-refractivity contribution in [2.24, 2.45) is 11.8 Å². The maximum absolute atomic E-state index is 10.7. The quantitative estimate of drug-likeness (QED) is 0.565. The van der Waals surface area contributed by atoms with Crippen molar-refractivity contribution in [3.63, 3.8) is 0 Å². The molecule has 3 atom stereocenters. The van der Waals surface area contributed by atoms with Gasteiger partial charge in [0.25, 0.3) is 0 Å². The van der Waals surface area contributed by atoms with Gasteiger partial charge in [0, 0.05) is 6.92 Å². The monoisotopic (exact) mass is 170 g/mol. The van der Waals surface area contributed by atoms with Crippen molar-refractivity contribution in [3.8, 4) is 0 Å². The van der Waals surface area contributed by atoms with E-state index in [0.717, 1.165) is 6.42 Å². The van der Waals surface area contributed by atoms with Gasteiger partial charge in [0.1, 0.15) is 6.10 Å². The van der Waals surface area contributed by atoms with Gasteiger partial charge in [0.15, 0.2) is 0 Å². The van der Waals surface area contributed by atoms with Crippen LogP contribution in [0.1, 0.15) is 40.0 Å². The second kappa shape index (κ2) is 3.92. The van der Waals surface area contributed by atoms with Gasteiger partial charge in [-0.2, -0.15) is 0 Å². The van der Waals surface area contributed by atoms with E-state index in [9.17, 15) is 4.79 Å². The minimum absolute atomic E-state index is 0.138. The number of carbonyl (C=O) groups is 1. The molecule has 0 heterocycles. The summed E-state index contributed by atoms with van der Waals surface area (Å²) < 4.78 is 5.23. The molecule has 0 spiro atoms. The standard InChI is InChI=1S/C10H18O2/c1-7-5-4-6-10(8(7)2)12-9(3)11/h7-8,10H,4-6H2,1-3H3. The topological polar surface area (TPSA) is 26.3 Å². The zero-order valence-corrected chi connectivity index (χ0v) is 8.17. The van der Waals surface area contributed by atoms with Crippen LogP contribution >= 0.6 is 0 Å². The molecule has 0 amide bonds. The molecule has 0 aliphatic heterocycles. The second-order valence-corrected chi connectivity index (χ2v) is 3.92. The van der Waals surface area contributed by atoms with Crippen LogP contribution in [0.4, 0.5) is 0 Å². The van der Waals surface area contributed by atoms with Crippen LogP contribution in [0.25, 0.3) is 0 Å². The van der Waals surface area contributed by atoms with Gasteiger partial charge in [-0.05, 0) is 24.7 Å². The molecule has 1 saturated carbocycles. The Labute approximate surface area is 74.3 Å². The van der Waals surface area contributed by atoms with E-state index < -0.39 is 0 Å². The molecule has 70 valence electrons. The van der Waals surface area contributed by atoms with Gasteiger partial charge in [-0.15, -0.1) is 0 Å². The second-order valence-electron chi connectivity index (χ2n) is 3.92. The lowest BCUT2D eigenvalue weighted by Crippen LogP contribution is -2.32. The highest BCUT2D eigenvalue weighted by molar-refractivity contribution is 5.66. The molecule has 1 aliphatic carbocycles. The zero-order chi connectivity index (χ0) is 9.14. The molecule has 2 heteroatoms. The molecule has 0 N–H and O–H groups in total. The van der Waals surface area contributed by atoms with Crippen LogP contribution in [0, 0.1) is 11.8 Å². The number of hydrogen-bond donors (Lipinski definition) is 0.